The highest BCUT2D eigenvalue weighted by molar-refractivity contribution is 5.02. The van der Waals surface area contributed by atoms with E-state index in [1.165, 1.54) is 50.6 Å². The van der Waals surface area contributed by atoms with E-state index in [9.17, 15) is 0 Å². The fourth-order valence-electron chi connectivity index (χ4n) is 3.22. The van der Waals surface area contributed by atoms with E-state index in [0.717, 1.165) is 18.5 Å². The highest BCUT2D eigenvalue weighted by Crippen LogP contribution is 2.33. The van der Waals surface area contributed by atoms with Crippen LogP contribution < -0.4 is 5.32 Å². The van der Waals surface area contributed by atoms with Crippen molar-refractivity contribution in [2.24, 2.45) is 5.92 Å². The van der Waals surface area contributed by atoms with E-state index in [-0.39, 0.29) is 0 Å². The molecule has 100 valence electrons. The molecule has 2 saturated carbocycles. The molecule has 0 radical (unpaired) electrons. The average molecular weight is 247 g/mol. The van der Waals surface area contributed by atoms with Crippen LogP contribution in [0.15, 0.2) is 12.5 Å². The summed E-state index contributed by atoms with van der Waals surface area (Å²) in [6.07, 6.45) is 13.8. The van der Waals surface area contributed by atoms with Gasteiger partial charge in [-0.05, 0) is 38.5 Å². The van der Waals surface area contributed by atoms with Gasteiger partial charge in [0.2, 0.25) is 0 Å². The van der Waals surface area contributed by atoms with Gasteiger partial charge in [0, 0.05) is 24.8 Å². The minimum absolute atomic E-state index is 0.615. The maximum atomic E-state index is 4.36. The monoisotopic (exact) mass is 247 g/mol. The van der Waals surface area contributed by atoms with Crippen LogP contribution in [0.4, 0.5) is 0 Å². The van der Waals surface area contributed by atoms with E-state index in [2.05, 4.69) is 21.8 Å². The molecule has 1 aromatic heterocycles. The molecule has 1 unspecified atom stereocenters. The Labute approximate surface area is 110 Å². The second-order valence-electron chi connectivity index (χ2n) is 6.09. The Hall–Kier alpha value is -0.830. The lowest BCUT2D eigenvalue weighted by molar-refractivity contribution is 0.259. The first-order valence-corrected chi connectivity index (χ1v) is 7.58. The zero-order valence-electron chi connectivity index (χ0n) is 11.4. The molecule has 1 heterocycles. The molecule has 18 heavy (non-hydrogen) atoms. The van der Waals surface area contributed by atoms with Crippen LogP contribution in [0.25, 0.3) is 0 Å². The van der Waals surface area contributed by atoms with Crippen LogP contribution in [-0.4, -0.2) is 15.6 Å². The Morgan fingerprint density at radius 3 is 2.78 bits per heavy atom. The standard InChI is InChI=1S/C15H25N3/c1-12(13-5-3-2-4-6-13)18-11-16-9-15(18)10-17-14-7-8-14/h9,11-14,17H,2-8,10H2,1H3. The first-order chi connectivity index (χ1) is 8.84. The molecule has 3 nitrogen and oxygen atoms in total. The maximum Gasteiger partial charge on any atom is 0.0951 e. The van der Waals surface area contributed by atoms with Crippen molar-refractivity contribution >= 4 is 0 Å². The molecule has 1 atom stereocenters. The van der Waals surface area contributed by atoms with E-state index in [1.54, 1.807) is 0 Å². The third-order valence-corrected chi connectivity index (χ3v) is 4.67. The zero-order chi connectivity index (χ0) is 12.4. The lowest BCUT2D eigenvalue weighted by atomic mass is 9.84. The lowest BCUT2D eigenvalue weighted by Gasteiger charge is -2.29. The van der Waals surface area contributed by atoms with Gasteiger partial charge in [0.15, 0.2) is 0 Å². The second kappa shape index (κ2) is 5.43. The van der Waals surface area contributed by atoms with Crippen molar-refractivity contribution in [3.63, 3.8) is 0 Å². The fourth-order valence-corrected chi connectivity index (χ4v) is 3.22. The molecule has 0 amide bonds. The van der Waals surface area contributed by atoms with Crippen molar-refractivity contribution < 1.29 is 0 Å². The van der Waals surface area contributed by atoms with Crippen molar-refractivity contribution in [3.05, 3.63) is 18.2 Å². The average Bonchev–Trinajstić information content (AvgIpc) is 3.14. The molecule has 3 heteroatoms. The van der Waals surface area contributed by atoms with E-state index < -0.39 is 0 Å². The largest absolute Gasteiger partial charge is 0.330 e. The molecule has 0 spiro atoms. The number of rotatable bonds is 5. The Morgan fingerprint density at radius 2 is 2.06 bits per heavy atom. The first-order valence-electron chi connectivity index (χ1n) is 7.58. The van der Waals surface area contributed by atoms with E-state index in [4.69, 9.17) is 0 Å². The molecule has 0 saturated heterocycles. The summed E-state index contributed by atoms with van der Waals surface area (Å²) in [6, 6.07) is 1.39. The van der Waals surface area contributed by atoms with Crippen molar-refractivity contribution in [1.82, 2.24) is 14.9 Å². The molecular weight excluding hydrogens is 222 g/mol. The summed E-state index contributed by atoms with van der Waals surface area (Å²) in [7, 11) is 0. The van der Waals surface area contributed by atoms with Crippen LogP contribution in [0.2, 0.25) is 0 Å². The van der Waals surface area contributed by atoms with Crippen molar-refractivity contribution in [2.45, 2.75) is 70.5 Å². The van der Waals surface area contributed by atoms with Crippen molar-refractivity contribution in [2.75, 3.05) is 0 Å². The maximum absolute atomic E-state index is 4.36. The number of nitrogens with one attached hydrogen (secondary N) is 1. The topological polar surface area (TPSA) is 29.9 Å². The van der Waals surface area contributed by atoms with Crippen LogP contribution in [0.5, 0.6) is 0 Å². The summed E-state index contributed by atoms with van der Waals surface area (Å²) in [5.41, 5.74) is 1.36. The van der Waals surface area contributed by atoms with Gasteiger partial charge >= 0.3 is 0 Å². The van der Waals surface area contributed by atoms with Gasteiger partial charge in [-0.25, -0.2) is 4.98 Å². The highest BCUT2D eigenvalue weighted by Gasteiger charge is 2.24. The fraction of sp³-hybridized carbons (Fsp3) is 0.800. The summed E-state index contributed by atoms with van der Waals surface area (Å²) in [5, 5.41) is 3.60. The predicted molar refractivity (Wildman–Crippen MR) is 73.4 cm³/mol. The Bertz CT molecular complexity index is 375. The predicted octanol–water partition coefficient (Wildman–Crippen LogP) is 3.28. The van der Waals surface area contributed by atoms with Gasteiger partial charge in [0.05, 0.1) is 12.0 Å². The molecular formula is C15H25N3. The SMILES string of the molecule is CC(C1CCCCC1)n1cncc1CNC1CC1. The minimum atomic E-state index is 0.615. The number of imidazole rings is 1. The number of nitrogens with zero attached hydrogens (tertiary/aromatic N) is 2. The lowest BCUT2D eigenvalue weighted by Crippen LogP contribution is -2.23. The molecule has 0 bridgehead atoms. The van der Waals surface area contributed by atoms with E-state index in [1.807, 2.05) is 12.5 Å². The van der Waals surface area contributed by atoms with Crippen LogP contribution in [0, 0.1) is 5.92 Å². The first kappa shape index (κ1) is 12.2. The normalized spacial score (nSPS) is 23.2. The Balaban J connectivity index is 1.63. The molecule has 3 rings (SSSR count). The van der Waals surface area contributed by atoms with E-state index >= 15 is 0 Å². The molecule has 1 aromatic rings. The molecule has 0 aromatic carbocycles. The van der Waals surface area contributed by atoms with Gasteiger partial charge in [-0.2, -0.15) is 0 Å². The van der Waals surface area contributed by atoms with Gasteiger partial charge in [0.25, 0.3) is 0 Å². The van der Waals surface area contributed by atoms with Gasteiger partial charge in [-0.15, -0.1) is 0 Å². The van der Waals surface area contributed by atoms with Gasteiger partial charge in [-0.1, -0.05) is 19.3 Å². The Morgan fingerprint density at radius 1 is 1.28 bits per heavy atom. The second-order valence-corrected chi connectivity index (χ2v) is 6.09. The summed E-state index contributed by atoms with van der Waals surface area (Å²) in [4.78, 5) is 4.36. The van der Waals surface area contributed by atoms with Gasteiger partial charge in [0.1, 0.15) is 0 Å². The number of aromatic nitrogens is 2. The van der Waals surface area contributed by atoms with Crippen LogP contribution in [-0.2, 0) is 6.54 Å². The minimum Gasteiger partial charge on any atom is -0.330 e. The smallest absolute Gasteiger partial charge is 0.0951 e. The van der Waals surface area contributed by atoms with Crippen LogP contribution >= 0.6 is 0 Å². The van der Waals surface area contributed by atoms with Crippen molar-refractivity contribution in [3.8, 4) is 0 Å². The quantitative estimate of drug-likeness (QED) is 0.865. The van der Waals surface area contributed by atoms with Gasteiger partial charge in [-0.3, -0.25) is 0 Å². The van der Waals surface area contributed by atoms with Gasteiger partial charge < -0.3 is 9.88 Å². The molecule has 2 aliphatic rings. The zero-order valence-corrected chi connectivity index (χ0v) is 11.4. The number of hydrogen-bond donors (Lipinski definition) is 1. The summed E-state index contributed by atoms with van der Waals surface area (Å²) >= 11 is 0. The van der Waals surface area contributed by atoms with Crippen LogP contribution in [0.3, 0.4) is 0 Å². The summed E-state index contributed by atoms with van der Waals surface area (Å²) in [6.45, 7) is 3.36. The molecule has 1 N–H and O–H groups in total. The summed E-state index contributed by atoms with van der Waals surface area (Å²) < 4.78 is 2.41. The molecule has 2 aliphatic carbocycles. The summed E-state index contributed by atoms with van der Waals surface area (Å²) in [5.74, 6) is 0.854. The number of hydrogen-bond acceptors (Lipinski definition) is 2. The third kappa shape index (κ3) is 2.77. The highest BCUT2D eigenvalue weighted by atomic mass is 15.1. The molecule has 0 aliphatic heterocycles. The van der Waals surface area contributed by atoms with E-state index in [0.29, 0.717) is 6.04 Å². The molecule has 2 fully saturated rings. The van der Waals surface area contributed by atoms with Crippen molar-refractivity contribution in [1.29, 1.82) is 0 Å². The third-order valence-electron chi connectivity index (χ3n) is 4.67. The Kier molecular flexibility index (Phi) is 3.69. The van der Waals surface area contributed by atoms with Crippen LogP contribution in [0.1, 0.15) is 63.6 Å².